The highest BCUT2D eigenvalue weighted by atomic mass is 35.5. The summed E-state index contributed by atoms with van der Waals surface area (Å²) < 4.78 is 40.8. The van der Waals surface area contributed by atoms with E-state index in [4.69, 9.17) is 35.3 Å². The van der Waals surface area contributed by atoms with Gasteiger partial charge in [-0.25, -0.2) is 9.37 Å². The first-order valence-corrected chi connectivity index (χ1v) is 10.4. The molecule has 0 radical (unpaired) electrons. The van der Waals surface area contributed by atoms with Crippen molar-refractivity contribution in [2.45, 2.75) is 13.0 Å². The van der Waals surface area contributed by atoms with Gasteiger partial charge >= 0.3 is 0 Å². The number of benzene rings is 1. The maximum absolute atomic E-state index is 13.6. The van der Waals surface area contributed by atoms with Crippen molar-refractivity contribution in [3.05, 3.63) is 64.7 Å². The van der Waals surface area contributed by atoms with Gasteiger partial charge in [-0.3, -0.25) is 0 Å². The highest BCUT2D eigenvalue weighted by molar-refractivity contribution is 6.30. The average Bonchev–Trinajstić information content (AvgIpc) is 2.76. The highest BCUT2D eigenvalue weighted by Crippen LogP contribution is 2.16. The van der Waals surface area contributed by atoms with E-state index in [0.717, 1.165) is 5.56 Å². The van der Waals surface area contributed by atoms with Crippen LogP contribution in [0.1, 0.15) is 11.1 Å². The van der Waals surface area contributed by atoms with Crippen LogP contribution < -0.4 is 0 Å². The molecule has 1 aromatic carbocycles. The fraction of sp³-hybridized carbons (Fsp3) is 0.500. The van der Waals surface area contributed by atoms with Gasteiger partial charge in [-0.05, 0) is 11.6 Å². The third-order valence-electron chi connectivity index (χ3n) is 4.04. The molecule has 6 nitrogen and oxygen atoms in total. The van der Waals surface area contributed by atoms with Crippen LogP contribution in [0.15, 0.2) is 42.6 Å². The van der Waals surface area contributed by atoms with Crippen LogP contribution in [0.2, 0.25) is 5.15 Å². The minimum atomic E-state index is -0.365. The molecule has 0 N–H and O–H groups in total. The van der Waals surface area contributed by atoms with Gasteiger partial charge in [0.05, 0.1) is 66.1 Å². The van der Waals surface area contributed by atoms with E-state index in [1.54, 1.807) is 0 Å². The van der Waals surface area contributed by atoms with Crippen molar-refractivity contribution >= 4 is 11.6 Å². The van der Waals surface area contributed by atoms with Gasteiger partial charge in [0.1, 0.15) is 11.0 Å². The lowest BCUT2D eigenvalue weighted by Gasteiger charge is -2.08. The van der Waals surface area contributed by atoms with Crippen LogP contribution in [0.25, 0.3) is 0 Å². The first-order valence-electron chi connectivity index (χ1n) is 9.99. The normalized spacial score (nSPS) is 11.1. The lowest BCUT2D eigenvalue weighted by atomic mass is 10.2. The molecule has 0 aliphatic rings. The van der Waals surface area contributed by atoms with Crippen molar-refractivity contribution in [2.24, 2.45) is 0 Å². The average molecular weight is 442 g/mol. The fourth-order valence-corrected chi connectivity index (χ4v) is 2.73. The Bertz CT molecular complexity index is 672. The molecule has 0 saturated heterocycles. The predicted octanol–water partition coefficient (Wildman–Crippen LogP) is 3.70. The Labute approximate surface area is 182 Å². The van der Waals surface area contributed by atoms with E-state index in [1.165, 1.54) is 12.3 Å². The minimum Gasteiger partial charge on any atom is -0.379 e. The quantitative estimate of drug-likeness (QED) is 0.275. The summed E-state index contributed by atoms with van der Waals surface area (Å²) >= 11 is 5.86. The molecule has 1 aromatic heterocycles. The molecule has 0 unspecified atom stereocenters. The summed E-state index contributed by atoms with van der Waals surface area (Å²) in [6, 6.07) is 11.3. The van der Waals surface area contributed by atoms with Crippen LogP contribution in [0.4, 0.5) is 4.39 Å². The van der Waals surface area contributed by atoms with Crippen LogP contribution in [0, 0.1) is 5.82 Å². The van der Waals surface area contributed by atoms with E-state index in [9.17, 15) is 4.39 Å². The Kier molecular flexibility index (Phi) is 13.3. The molecule has 0 atom stereocenters. The second-order valence-corrected chi connectivity index (χ2v) is 6.66. The second-order valence-electron chi connectivity index (χ2n) is 6.30. The largest absolute Gasteiger partial charge is 0.379 e. The molecule has 166 valence electrons. The van der Waals surface area contributed by atoms with Crippen LogP contribution in [-0.2, 0) is 36.7 Å². The van der Waals surface area contributed by atoms with Gasteiger partial charge in [0.2, 0.25) is 0 Å². The Morgan fingerprint density at radius 1 is 0.700 bits per heavy atom. The van der Waals surface area contributed by atoms with E-state index in [-0.39, 0.29) is 11.0 Å². The number of nitrogens with zero attached hydrogens (tertiary/aromatic N) is 1. The molecular weight excluding hydrogens is 413 g/mol. The third-order valence-corrected chi connectivity index (χ3v) is 4.37. The number of aromatic nitrogens is 1. The van der Waals surface area contributed by atoms with E-state index in [0.29, 0.717) is 78.1 Å². The van der Waals surface area contributed by atoms with Gasteiger partial charge in [-0.15, -0.1) is 0 Å². The zero-order valence-electron chi connectivity index (χ0n) is 17.1. The third kappa shape index (κ3) is 11.0. The molecule has 2 rings (SSSR count). The summed E-state index contributed by atoms with van der Waals surface area (Å²) in [7, 11) is 0. The monoisotopic (exact) mass is 441 g/mol. The molecule has 8 heteroatoms. The van der Waals surface area contributed by atoms with Crippen molar-refractivity contribution in [2.75, 3.05) is 59.5 Å². The topological polar surface area (TPSA) is 59.0 Å². The number of hydrogen-bond donors (Lipinski definition) is 0. The lowest BCUT2D eigenvalue weighted by molar-refractivity contribution is -0.0123. The number of pyridine rings is 1. The van der Waals surface area contributed by atoms with Crippen molar-refractivity contribution in [3.8, 4) is 0 Å². The number of ether oxygens (including phenoxy) is 5. The van der Waals surface area contributed by atoms with Gasteiger partial charge in [0, 0.05) is 18.2 Å². The smallest absolute Gasteiger partial charge is 0.135 e. The fourth-order valence-electron chi connectivity index (χ4n) is 2.49. The molecule has 1 heterocycles. The summed E-state index contributed by atoms with van der Waals surface area (Å²) in [6.07, 6.45) is 1.71. The Balaban J connectivity index is 1.30. The van der Waals surface area contributed by atoms with Gasteiger partial charge in [-0.2, -0.15) is 0 Å². The molecule has 0 aliphatic carbocycles. The summed E-state index contributed by atoms with van der Waals surface area (Å²) in [5, 5.41) is 0.177. The first kappa shape index (κ1) is 24.7. The maximum Gasteiger partial charge on any atom is 0.135 e. The zero-order chi connectivity index (χ0) is 21.3. The molecule has 0 saturated carbocycles. The van der Waals surface area contributed by atoms with Gasteiger partial charge in [0.15, 0.2) is 0 Å². The van der Waals surface area contributed by atoms with E-state index in [1.807, 2.05) is 30.3 Å². The summed E-state index contributed by atoms with van der Waals surface area (Å²) in [6.45, 7) is 4.91. The first-order chi connectivity index (χ1) is 14.8. The van der Waals surface area contributed by atoms with Crippen molar-refractivity contribution in [1.82, 2.24) is 4.98 Å². The number of rotatable bonds is 17. The highest BCUT2D eigenvalue weighted by Gasteiger charge is 2.07. The Morgan fingerprint density at radius 3 is 1.80 bits per heavy atom. The summed E-state index contributed by atoms with van der Waals surface area (Å²) in [5.74, 6) is -0.365. The molecule has 0 amide bonds. The molecule has 0 bridgehead atoms. The van der Waals surface area contributed by atoms with Crippen LogP contribution in [0.3, 0.4) is 0 Å². The zero-order valence-corrected chi connectivity index (χ0v) is 17.8. The summed E-state index contributed by atoms with van der Waals surface area (Å²) in [4.78, 5) is 3.86. The lowest BCUT2D eigenvalue weighted by Crippen LogP contribution is -2.13. The second kappa shape index (κ2) is 16.1. The van der Waals surface area contributed by atoms with E-state index < -0.39 is 0 Å². The predicted molar refractivity (Wildman–Crippen MR) is 112 cm³/mol. The van der Waals surface area contributed by atoms with Gasteiger partial charge in [-0.1, -0.05) is 41.9 Å². The van der Waals surface area contributed by atoms with Crippen LogP contribution >= 0.6 is 11.6 Å². The number of hydrogen-bond acceptors (Lipinski definition) is 6. The van der Waals surface area contributed by atoms with E-state index >= 15 is 0 Å². The van der Waals surface area contributed by atoms with E-state index in [2.05, 4.69) is 4.98 Å². The molecular formula is C22H29ClFNO5. The Morgan fingerprint density at radius 2 is 1.23 bits per heavy atom. The van der Waals surface area contributed by atoms with Crippen LogP contribution in [-0.4, -0.2) is 64.4 Å². The molecule has 0 spiro atoms. The summed E-state index contributed by atoms with van der Waals surface area (Å²) in [5.41, 5.74) is 1.52. The minimum absolute atomic E-state index is 0.177. The van der Waals surface area contributed by atoms with Gasteiger partial charge in [0.25, 0.3) is 0 Å². The maximum atomic E-state index is 13.6. The molecule has 0 fully saturated rings. The number of halogens is 2. The Hall–Kier alpha value is -1.61. The van der Waals surface area contributed by atoms with Crippen LogP contribution in [0.5, 0.6) is 0 Å². The molecule has 0 aliphatic heterocycles. The molecule has 2 aromatic rings. The molecule has 30 heavy (non-hydrogen) atoms. The standard InChI is InChI=1S/C22H29ClFNO5/c23-22-20(21(24)6-8-25-22)7-9-26-10-11-27-12-13-28-14-15-29-16-17-30-18-19-4-2-1-3-5-19/h1-6,8H,7,9-18H2. The van der Waals surface area contributed by atoms with Gasteiger partial charge < -0.3 is 23.7 Å². The SMILES string of the molecule is Fc1ccnc(Cl)c1CCOCCOCCOCCOCCOCc1ccccc1. The van der Waals surface area contributed by atoms with Crippen molar-refractivity contribution in [1.29, 1.82) is 0 Å². The van der Waals surface area contributed by atoms with Crippen molar-refractivity contribution < 1.29 is 28.1 Å². The van der Waals surface area contributed by atoms with Crippen molar-refractivity contribution in [3.63, 3.8) is 0 Å².